The highest BCUT2D eigenvalue weighted by Crippen LogP contribution is 2.36. The molecule has 3 nitrogen and oxygen atoms in total. The van der Waals surface area contributed by atoms with Crippen LogP contribution in [-0.4, -0.2) is 10.9 Å². The number of thiophene rings is 1. The summed E-state index contributed by atoms with van der Waals surface area (Å²) < 4.78 is 1.05. The van der Waals surface area contributed by atoms with Crippen molar-refractivity contribution in [2.75, 3.05) is 0 Å². The number of hydrogen-bond donors (Lipinski definition) is 1. The van der Waals surface area contributed by atoms with Crippen molar-refractivity contribution >= 4 is 38.9 Å². The number of benzene rings is 1. The van der Waals surface area contributed by atoms with Crippen molar-refractivity contribution < 1.29 is 4.79 Å². The van der Waals surface area contributed by atoms with Crippen LogP contribution >= 0.6 is 22.9 Å². The molecular weight excluding hydrogens is 328 g/mol. The van der Waals surface area contributed by atoms with Crippen LogP contribution in [0.25, 0.3) is 10.1 Å². The summed E-state index contributed by atoms with van der Waals surface area (Å²) in [6.07, 6.45) is 4.40. The third kappa shape index (κ3) is 3.23. The second-order valence-electron chi connectivity index (χ2n) is 5.40. The maximum Gasteiger partial charge on any atom is 0.263 e. The van der Waals surface area contributed by atoms with E-state index in [-0.39, 0.29) is 11.9 Å². The summed E-state index contributed by atoms with van der Waals surface area (Å²) in [6.45, 7) is 4.06. The maximum absolute atomic E-state index is 12.6. The highest BCUT2D eigenvalue weighted by molar-refractivity contribution is 7.21. The molecule has 2 aromatic heterocycles. The number of nitrogens with zero attached hydrogens (tertiary/aromatic N) is 1. The predicted octanol–water partition coefficient (Wildman–Crippen LogP) is 5.00. The van der Waals surface area contributed by atoms with E-state index in [4.69, 9.17) is 11.6 Å². The van der Waals surface area contributed by atoms with Crippen LogP contribution in [0.4, 0.5) is 0 Å². The minimum atomic E-state index is -0.140. The minimum absolute atomic E-state index is 0.0991. The fraction of sp³-hybridized carbons (Fsp3) is 0.222. The maximum atomic E-state index is 12.6. The number of amides is 1. The van der Waals surface area contributed by atoms with Crippen LogP contribution in [0.3, 0.4) is 0 Å². The number of fused-ring (bicyclic) bond motifs is 1. The first-order valence-electron chi connectivity index (χ1n) is 7.52. The van der Waals surface area contributed by atoms with Crippen LogP contribution in [0.15, 0.2) is 42.7 Å². The van der Waals surface area contributed by atoms with E-state index in [0.717, 1.165) is 22.1 Å². The highest BCUT2D eigenvalue weighted by Gasteiger charge is 2.19. The topological polar surface area (TPSA) is 42.0 Å². The average molecular weight is 345 g/mol. The Balaban J connectivity index is 1.87. The van der Waals surface area contributed by atoms with Crippen LogP contribution in [0.5, 0.6) is 0 Å². The van der Waals surface area contributed by atoms with E-state index in [9.17, 15) is 4.79 Å². The van der Waals surface area contributed by atoms with Crippen LogP contribution < -0.4 is 5.32 Å². The average Bonchev–Trinajstić information content (AvgIpc) is 2.92. The van der Waals surface area contributed by atoms with E-state index >= 15 is 0 Å². The van der Waals surface area contributed by atoms with Gasteiger partial charge in [0, 0.05) is 22.5 Å². The summed E-state index contributed by atoms with van der Waals surface area (Å²) in [6, 6.07) is 9.85. The standard InChI is InChI=1S/C18H17ClN2OS/c1-3-12-4-5-14-15(10-12)23-17(16(14)19)18(22)21-11(2)13-6-8-20-9-7-13/h4-11H,3H2,1-2H3,(H,21,22)/t11-/m0/s1. The zero-order valence-corrected chi connectivity index (χ0v) is 14.5. The van der Waals surface area contributed by atoms with Crippen molar-refractivity contribution in [2.45, 2.75) is 26.3 Å². The van der Waals surface area contributed by atoms with Gasteiger partial charge >= 0.3 is 0 Å². The van der Waals surface area contributed by atoms with Crippen molar-refractivity contribution in [3.63, 3.8) is 0 Å². The Morgan fingerprint density at radius 2 is 2.04 bits per heavy atom. The minimum Gasteiger partial charge on any atom is -0.345 e. The lowest BCUT2D eigenvalue weighted by Gasteiger charge is -2.13. The molecule has 0 aliphatic rings. The first-order chi connectivity index (χ1) is 11.1. The SMILES string of the molecule is CCc1ccc2c(Cl)c(C(=O)N[C@@H](C)c3ccncc3)sc2c1. The fourth-order valence-electron chi connectivity index (χ4n) is 2.47. The Morgan fingerprint density at radius 3 is 2.74 bits per heavy atom. The summed E-state index contributed by atoms with van der Waals surface area (Å²) in [5, 5.41) is 4.48. The lowest BCUT2D eigenvalue weighted by Crippen LogP contribution is -2.26. The largest absolute Gasteiger partial charge is 0.345 e. The molecule has 0 bridgehead atoms. The lowest BCUT2D eigenvalue weighted by molar-refractivity contribution is 0.0944. The zero-order chi connectivity index (χ0) is 16.4. The molecule has 3 rings (SSSR count). The van der Waals surface area contributed by atoms with Gasteiger partial charge in [0.05, 0.1) is 11.1 Å². The van der Waals surface area contributed by atoms with Crippen LogP contribution in [-0.2, 0) is 6.42 Å². The molecule has 5 heteroatoms. The second-order valence-corrected chi connectivity index (χ2v) is 6.84. The molecular formula is C18H17ClN2OS. The fourth-order valence-corrected chi connectivity index (χ4v) is 3.96. The van der Waals surface area contributed by atoms with E-state index in [2.05, 4.69) is 29.4 Å². The molecule has 0 saturated carbocycles. The van der Waals surface area contributed by atoms with E-state index in [0.29, 0.717) is 9.90 Å². The monoisotopic (exact) mass is 344 g/mol. The van der Waals surface area contributed by atoms with Gasteiger partial charge in [-0.25, -0.2) is 0 Å². The molecule has 0 aliphatic heterocycles. The van der Waals surface area contributed by atoms with Gasteiger partial charge in [0.15, 0.2) is 0 Å². The smallest absolute Gasteiger partial charge is 0.263 e. The number of carbonyl (C=O) groups excluding carboxylic acids is 1. The van der Waals surface area contributed by atoms with Gasteiger partial charge in [-0.05, 0) is 42.7 Å². The molecule has 3 aromatic rings. The van der Waals surface area contributed by atoms with Crippen LogP contribution in [0.2, 0.25) is 5.02 Å². The van der Waals surface area contributed by atoms with Crippen LogP contribution in [0, 0.1) is 0 Å². The van der Waals surface area contributed by atoms with Gasteiger partial charge in [-0.3, -0.25) is 9.78 Å². The number of aromatic nitrogens is 1. The first kappa shape index (κ1) is 16.0. The molecule has 0 aliphatic carbocycles. The summed E-state index contributed by atoms with van der Waals surface area (Å²) in [4.78, 5) is 17.1. The van der Waals surface area contributed by atoms with Crippen molar-refractivity contribution in [2.24, 2.45) is 0 Å². The molecule has 2 heterocycles. The normalized spacial score (nSPS) is 12.3. The number of halogens is 1. The Bertz CT molecular complexity index is 845. The first-order valence-corrected chi connectivity index (χ1v) is 8.71. The summed E-state index contributed by atoms with van der Waals surface area (Å²) in [7, 11) is 0. The number of rotatable bonds is 4. The number of pyridine rings is 1. The third-order valence-corrected chi connectivity index (χ3v) is 5.52. The molecule has 1 amide bonds. The molecule has 0 spiro atoms. The van der Waals surface area contributed by atoms with E-state index in [1.807, 2.05) is 25.1 Å². The molecule has 0 unspecified atom stereocenters. The molecule has 1 aromatic carbocycles. The van der Waals surface area contributed by atoms with Gasteiger partial charge in [-0.2, -0.15) is 0 Å². The molecule has 23 heavy (non-hydrogen) atoms. The molecule has 0 fully saturated rings. The quantitative estimate of drug-likeness (QED) is 0.723. The number of hydrogen-bond acceptors (Lipinski definition) is 3. The Kier molecular flexibility index (Phi) is 4.64. The second kappa shape index (κ2) is 6.69. The highest BCUT2D eigenvalue weighted by atomic mass is 35.5. The van der Waals surface area contributed by atoms with Crippen LogP contribution in [0.1, 0.15) is 40.7 Å². The third-order valence-electron chi connectivity index (χ3n) is 3.86. The molecule has 1 N–H and O–H groups in total. The van der Waals surface area contributed by atoms with E-state index in [1.165, 1.54) is 16.9 Å². The van der Waals surface area contributed by atoms with Gasteiger partial charge < -0.3 is 5.32 Å². The number of aryl methyl sites for hydroxylation is 1. The lowest BCUT2D eigenvalue weighted by atomic mass is 10.1. The van der Waals surface area contributed by atoms with Crippen molar-refractivity contribution in [3.05, 3.63) is 63.8 Å². The Morgan fingerprint density at radius 1 is 1.30 bits per heavy atom. The summed E-state index contributed by atoms with van der Waals surface area (Å²) in [5.74, 6) is -0.140. The Hall–Kier alpha value is -1.91. The zero-order valence-electron chi connectivity index (χ0n) is 13.0. The molecule has 1 atom stereocenters. The number of carbonyl (C=O) groups is 1. The predicted molar refractivity (Wildman–Crippen MR) is 96.3 cm³/mol. The molecule has 0 saturated heterocycles. The van der Waals surface area contributed by atoms with Gasteiger partial charge in [0.25, 0.3) is 5.91 Å². The summed E-state index contributed by atoms with van der Waals surface area (Å²) in [5.41, 5.74) is 2.26. The van der Waals surface area contributed by atoms with Gasteiger partial charge in [-0.1, -0.05) is 30.7 Å². The van der Waals surface area contributed by atoms with Gasteiger partial charge in [0.1, 0.15) is 4.88 Å². The molecule has 118 valence electrons. The van der Waals surface area contributed by atoms with Crippen molar-refractivity contribution in [1.29, 1.82) is 0 Å². The Labute approximate surface area is 144 Å². The number of nitrogens with one attached hydrogen (secondary N) is 1. The molecule has 0 radical (unpaired) electrons. The van der Waals surface area contributed by atoms with Gasteiger partial charge in [-0.15, -0.1) is 11.3 Å². The van der Waals surface area contributed by atoms with E-state index < -0.39 is 0 Å². The van der Waals surface area contributed by atoms with Gasteiger partial charge in [0.2, 0.25) is 0 Å². The summed E-state index contributed by atoms with van der Waals surface area (Å²) >= 11 is 7.86. The van der Waals surface area contributed by atoms with Crippen molar-refractivity contribution in [1.82, 2.24) is 10.3 Å². The van der Waals surface area contributed by atoms with Crippen molar-refractivity contribution in [3.8, 4) is 0 Å². The van der Waals surface area contributed by atoms with E-state index in [1.54, 1.807) is 12.4 Å².